The zero-order valence-corrected chi connectivity index (χ0v) is 9.99. The van der Waals surface area contributed by atoms with E-state index in [-0.39, 0.29) is 18.1 Å². The number of hydrogen-bond donors (Lipinski definition) is 1. The Kier molecular flexibility index (Phi) is 3.41. The van der Waals surface area contributed by atoms with Gasteiger partial charge in [0.1, 0.15) is 0 Å². The fraction of sp³-hybridized carbons (Fsp3) is 0.308. The molecule has 1 amide bonds. The lowest BCUT2D eigenvalue weighted by Crippen LogP contribution is -2.21. The largest absolute Gasteiger partial charge is 0.460 e. The molecule has 0 spiro atoms. The number of aryl methyl sites for hydroxylation is 1. The Hall–Kier alpha value is -2.17. The maximum Gasteiger partial charge on any atom is 0.379 e. The summed E-state index contributed by atoms with van der Waals surface area (Å²) >= 11 is 0. The molecule has 1 aliphatic heterocycles. The Morgan fingerprint density at radius 3 is 2.83 bits per heavy atom. The standard InChI is InChI=1S/C13H13NO4/c1-2-18-13(17)12(16)9-4-3-8-5-6-11(15)14-10(8)7-9/h3-4,7H,2,5-6H2,1H3,(H,14,15). The minimum atomic E-state index is -0.875. The molecule has 0 saturated carbocycles. The number of ether oxygens (including phenoxy) is 1. The molecule has 5 heteroatoms. The molecule has 1 aliphatic rings. The van der Waals surface area contributed by atoms with Crippen molar-refractivity contribution in [2.75, 3.05) is 11.9 Å². The molecule has 1 N–H and O–H groups in total. The van der Waals surface area contributed by atoms with Crippen LogP contribution < -0.4 is 5.32 Å². The van der Waals surface area contributed by atoms with Crippen molar-refractivity contribution in [2.45, 2.75) is 19.8 Å². The van der Waals surface area contributed by atoms with Crippen LogP contribution in [0.2, 0.25) is 0 Å². The van der Waals surface area contributed by atoms with Gasteiger partial charge in [-0.3, -0.25) is 9.59 Å². The summed E-state index contributed by atoms with van der Waals surface area (Å²) in [6.45, 7) is 1.80. The van der Waals surface area contributed by atoms with Gasteiger partial charge in [-0.15, -0.1) is 0 Å². The van der Waals surface area contributed by atoms with Crippen LogP contribution in [0.3, 0.4) is 0 Å². The third kappa shape index (κ3) is 2.40. The topological polar surface area (TPSA) is 72.5 Å². The average molecular weight is 247 g/mol. The Balaban J connectivity index is 2.25. The van der Waals surface area contributed by atoms with Crippen LogP contribution >= 0.6 is 0 Å². The Bertz CT molecular complexity index is 522. The molecule has 1 heterocycles. The summed E-state index contributed by atoms with van der Waals surface area (Å²) in [6, 6.07) is 4.85. The highest BCUT2D eigenvalue weighted by Gasteiger charge is 2.21. The van der Waals surface area contributed by atoms with Crippen LogP contribution in [0.4, 0.5) is 5.69 Å². The quantitative estimate of drug-likeness (QED) is 0.496. The molecule has 1 aromatic carbocycles. The highest BCUT2D eigenvalue weighted by atomic mass is 16.5. The van der Waals surface area contributed by atoms with Crippen LogP contribution in [-0.2, 0) is 20.7 Å². The molecule has 0 aromatic heterocycles. The smallest absolute Gasteiger partial charge is 0.379 e. The van der Waals surface area contributed by atoms with Crippen molar-refractivity contribution in [3.8, 4) is 0 Å². The molecule has 18 heavy (non-hydrogen) atoms. The van der Waals surface area contributed by atoms with Crippen LogP contribution in [0.1, 0.15) is 29.3 Å². The first-order valence-electron chi connectivity index (χ1n) is 5.76. The van der Waals surface area contributed by atoms with Crippen LogP contribution in [-0.4, -0.2) is 24.3 Å². The Labute approximate surface area is 104 Å². The third-order valence-corrected chi connectivity index (χ3v) is 2.73. The number of anilines is 1. The molecule has 94 valence electrons. The summed E-state index contributed by atoms with van der Waals surface area (Å²) in [4.78, 5) is 34.3. The van der Waals surface area contributed by atoms with Crippen LogP contribution in [0, 0.1) is 0 Å². The first-order chi connectivity index (χ1) is 8.61. The number of ketones is 1. The van der Waals surface area contributed by atoms with Gasteiger partial charge < -0.3 is 10.1 Å². The molecule has 2 rings (SSSR count). The SMILES string of the molecule is CCOC(=O)C(=O)c1ccc2c(c1)NC(=O)CC2. The van der Waals surface area contributed by atoms with E-state index in [4.69, 9.17) is 0 Å². The predicted molar refractivity (Wildman–Crippen MR) is 64.4 cm³/mol. The number of esters is 1. The highest BCUT2D eigenvalue weighted by molar-refractivity contribution is 6.40. The van der Waals surface area contributed by atoms with Gasteiger partial charge in [0, 0.05) is 17.7 Å². The number of Topliss-reactive ketones (excluding diaryl/α,β-unsaturated/α-hetero) is 1. The van der Waals surface area contributed by atoms with Gasteiger partial charge in [0.15, 0.2) is 0 Å². The molecule has 0 unspecified atom stereocenters. The molecule has 0 fully saturated rings. The fourth-order valence-electron chi connectivity index (χ4n) is 1.83. The van der Waals surface area contributed by atoms with Gasteiger partial charge in [-0.05, 0) is 25.0 Å². The van der Waals surface area contributed by atoms with Crippen LogP contribution in [0.15, 0.2) is 18.2 Å². The molecular formula is C13H13NO4. The van der Waals surface area contributed by atoms with E-state index in [2.05, 4.69) is 10.1 Å². The van der Waals surface area contributed by atoms with Gasteiger partial charge in [0.05, 0.1) is 6.61 Å². The first kappa shape index (κ1) is 12.3. The van der Waals surface area contributed by atoms with Crippen LogP contribution in [0.25, 0.3) is 0 Å². The monoisotopic (exact) mass is 247 g/mol. The van der Waals surface area contributed by atoms with Crippen LogP contribution in [0.5, 0.6) is 0 Å². The number of rotatable bonds is 3. The average Bonchev–Trinajstić information content (AvgIpc) is 2.37. The summed E-state index contributed by atoms with van der Waals surface area (Å²) in [5.41, 5.74) is 1.80. The van der Waals surface area contributed by atoms with Crippen molar-refractivity contribution in [1.82, 2.24) is 0 Å². The Morgan fingerprint density at radius 2 is 2.11 bits per heavy atom. The number of hydrogen-bond acceptors (Lipinski definition) is 4. The van der Waals surface area contributed by atoms with E-state index in [1.165, 1.54) is 6.07 Å². The molecule has 1 aromatic rings. The second-order valence-corrected chi connectivity index (χ2v) is 3.97. The lowest BCUT2D eigenvalue weighted by atomic mass is 9.99. The van der Waals surface area contributed by atoms with E-state index in [1.54, 1.807) is 19.1 Å². The maximum absolute atomic E-state index is 11.7. The van der Waals surface area contributed by atoms with Crippen molar-refractivity contribution in [3.05, 3.63) is 29.3 Å². The molecule has 0 bridgehead atoms. The number of fused-ring (bicyclic) bond motifs is 1. The second kappa shape index (κ2) is 5.00. The normalized spacial score (nSPS) is 13.5. The van der Waals surface area contributed by atoms with Gasteiger partial charge in [0.2, 0.25) is 5.91 Å². The number of carbonyl (C=O) groups is 3. The zero-order valence-electron chi connectivity index (χ0n) is 9.99. The summed E-state index contributed by atoms with van der Waals surface area (Å²) in [5, 5.41) is 2.68. The lowest BCUT2D eigenvalue weighted by Gasteiger charge is -2.17. The number of amides is 1. The molecule has 5 nitrogen and oxygen atoms in total. The summed E-state index contributed by atoms with van der Waals surface area (Å²) in [5.74, 6) is -1.65. The number of carbonyl (C=O) groups excluding carboxylic acids is 3. The number of benzene rings is 1. The van der Waals surface area contributed by atoms with Crippen molar-refractivity contribution < 1.29 is 19.1 Å². The van der Waals surface area contributed by atoms with Gasteiger partial charge in [-0.2, -0.15) is 0 Å². The van der Waals surface area contributed by atoms with E-state index in [0.29, 0.717) is 18.5 Å². The van der Waals surface area contributed by atoms with E-state index < -0.39 is 11.8 Å². The fourth-order valence-corrected chi connectivity index (χ4v) is 1.83. The van der Waals surface area contributed by atoms with E-state index in [0.717, 1.165) is 5.56 Å². The lowest BCUT2D eigenvalue weighted by molar-refractivity contribution is -0.137. The van der Waals surface area contributed by atoms with Crippen molar-refractivity contribution in [3.63, 3.8) is 0 Å². The Morgan fingerprint density at radius 1 is 1.33 bits per heavy atom. The predicted octanol–water partition coefficient (Wildman–Crippen LogP) is 1.32. The van der Waals surface area contributed by atoms with Crippen molar-refractivity contribution in [2.24, 2.45) is 0 Å². The minimum absolute atomic E-state index is 0.0803. The van der Waals surface area contributed by atoms with Crippen molar-refractivity contribution in [1.29, 1.82) is 0 Å². The van der Waals surface area contributed by atoms with Gasteiger partial charge in [-0.1, -0.05) is 12.1 Å². The summed E-state index contributed by atoms with van der Waals surface area (Å²) in [6.07, 6.45) is 1.09. The summed E-state index contributed by atoms with van der Waals surface area (Å²) in [7, 11) is 0. The third-order valence-electron chi connectivity index (χ3n) is 2.73. The molecule has 0 radical (unpaired) electrons. The minimum Gasteiger partial charge on any atom is -0.460 e. The highest BCUT2D eigenvalue weighted by Crippen LogP contribution is 2.23. The second-order valence-electron chi connectivity index (χ2n) is 3.97. The first-order valence-corrected chi connectivity index (χ1v) is 5.76. The van der Waals surface area contributed by atoms with E-state index in [9.17, 15) is 14.4 Å². The van der Waals surface area contributed by atoms with Gasteiger partial charge in [0.25, 0.3) is 5.78 Å². The molecule has 0 saturated heterocycles. The van der Waals surface area contributed by atoms with Crippen molar-refractivity contribution >= 4 is 23.3 Å². The maximum atomic E-state index is 11.7. The van der Waals surface area contributed by atoms with Gasteiger partial charge in [-0.25, -0.2) is 4.79 Å². The van der Waals surface area contributed by atoms with Gasteiger partial charge >= 0.3 is 5.97 Å². The number of nitrogens with one attached hydrogen (secondary N) is 1. The molecular weight excluding hydrogens is 234 g/mol. The molecule has 0 aliphatic carbocycles. The zero-order chi connectivity index (χ0) is 13.1. The van der Waals surface area contributed by atoms with E-state index in [1.807, 2.05) is 0 Å². The van der Waals surface area contributed by atoms with E-state index >= 15 is 0 Å². The molecule has 0 atom stereocenters. The summed E-state index contributed by atoms with van der Waals surface area (Å²) < 4.78 is 4.65.